The standard InChI is InChI=1S/C10H11ClFN5O4/c11-6-4-7(16-9(13)15-6)17(2-14-4)8-10(12,20)5(19)3(1-18)21-8/h2-3,5,8,18-20H,1H2,(H2,13,15,16)/t3-,5-,8-,10+/m1/s1. The van der Waals surface area contributed by atoms with E-state index >= 15 is 0 Å². The molecule has 0 aromatic carbocycles. The Morgan fingerprint density at radius 1 is 1.52 bits per heavy atom. The van der Waals surface area contributed by atoms with Gasteiger partial charge in [-0.25, -0.2) is 9.37 Å². The van der Waals surface area contributed by atoms with Crippen LogP contribution in [-0.4, -0.2) is 59.5 Å². The van der Waals surface area contributed by atoms with Crippen molar-refractivity contribution < 1.29 is 24.4 Å². The van der Waals surface area contributed by atoms with E-state index in [1.807, 2.05) is 0 Å². The molecule has 0 spiro atoms. The first-order chi connectivity index (χ1) is 9.86. The van der Waals surface area contributed by atoms with Gasteiger partial charge in [0.1, 0.15) is 17.7 Å². The topological polar surface area (TPSA) is 140 Å². The highest BCUT2D eigenvalue weighted by Gasteiger charge is 2.57. The number of anilines is 1. The lowest BCUT2D eigenvalue weighted by atomic mass is 10.1. The Morgan fingerprint density at radius 3 is 2.86 bits per heavy atom. The summed E-state index contributed by atoms with van der Waals surface area (Å²) in [6.07, 6.45) is -3.77. The van der Waals surface area contributed by atoms with Crippen molar-refractivity contribution in [2.24, 2.45) is 0 Å². The molecule has 0 amide bonds. The van der Waals surface area contributed by atoms with Gasteiger partial charge in [-0.3, -0.25) is 4.57 Å². The first kappa shape index (κ1) is 14.4. The van der Waals surface area contributed by atoms with E-state index < -0.39 is 30.9 Å². The van der Waals surface area contributed by atoms with Gasteiger partial charge in [0.05, 0.1) is 12.9 Å². The maximum Gasteiger partial charge on any atom is 0.281 e. The van der Waals surface area contributed by atoms with Gasteiger partial charge in [-0.15, -0.1) is 0 Å². The Morgan fingerprint density at radius 2 is 2.24 bits per heavy atom. The van der Waals surface area contributed by atoms with Gasteiger partial charge in [-0.1, -0.05) is 11.6 Å². The molecule has 2 aromatic heterocycles. The van der Waals surface area contributed by atoms with Gasteiger partial charge in [0.2, 0.25) is 5.95 Å². The van der Waals surface area contributed by atoms with Crippen molar-refractivity contribution in [1.29, 1.82) is 0 Å². The zero-order valence-electron chi connectivity index (χ0n) is 10.4. The summed E-state index contributed by atoms with van der Waals surface area (Å²) >= 11 is 5.84. The molecule has 0 radical (unpaired) electrons. The van der Waals surface area contributed by atoms with Gasteiger partial charge in [-0.2, -0.15) is 9.97 Å². The number of imidazole rings is 1. The average molecular weight is 320 g/mol. The van der Waals surface area contributed by atoms with Gasteiger partial charge >= 0.3 is 0 Å². The van der Waals surface area contributed by atoms with Crippen molar-refractivity contribution in [2.75, 3.05) is 12.3 Å². The Hall–Kier alpha value is -1.59. The van der Waals surface area contributed by atoms with Crippen molar-refractivity contribution in [1.82, 2.24) is 19.5 Å². The Balaban J connectivity index is 2.13. The molecule has 11 heteroatoms. The summed E-state index contributed by atoms with van der Waals surface area (Å²) < 4.78 is 20.5. The molecule has 114 valence electrons. The van der Waals surface area contributed by atoms with E-state index in [4.69, 9.17) is 27.2 Å². The molecular weight excluding hydrogens is 309 g/mol. The number of hydrogen-bond donors (Lipinski definition) is 4. The molecule has 0 saturated carbocycles. The van der Waals surface area contributed by atoms with E-state index in [1.165, 1.54) is 0 Å². The van der Waals surface area contributed by atoms with E-state index in [-0.39, 0.29) is 22.3 Å². The third-order valence-electron chi connectivity index (χ3n) is 3.25. The number of rotatable bonds is 2. The molecule has 1 aliphatic rings. The lowest BCUT2D eigenvalue weighted by molar-refractivity contribution is -0.195. The summed E-state index contributed by atoms with van der Waals surface area (Å²) in [6.45, 7) is -0.672. The molecule has 3 rings (SSSR count). The Labute approximate surface area is 121 Å². The molecule has 0 bridgehead atoms. The fourth-order valence-corrected chi connectivity index (χ4v) is 2.44. The quantitative estimate of drug-likeness (QED) is 0.515. The fourth-order valence-electron chi connectivity index (χ4n) is 2.22. The highest BCUT2D eigenvalue weighted by atomic mass is 35.5. The van der Waals surface area contributed by atoms with Crippen LogP contribution in [0.1, 0.15) is 6.23 Å². The van der Waals surface area contributed by atoms with E-state index in [0.29, 0.717) is 0 Å². The highest BCUT2D eigenvalue weighted by molar-refractivity contribution is 6.33. The van der Waals surface area contributed by atoms with Crippen LogP contribution in [-0.2, 0) is 4.74 Å². The molecule has 9 nitrogen and oxygen atoms in total. The first-order valence-corrected chi connectivity index (χ1v) is 6.25. The van der Waals surface area contributed by atoms with Crippen LogP contribution in [0, 0.1) is 0 Å². The summed E-state index contributed by atoms with van der Waals surface area (Å²) in [5.41, 5.74) is 5.62. The largest absolute Gasteiger partial charge is 0.394 e. The van der Waals surface area contributed by atoms with Crippen molar-refractivity contribution >= 4 is 28.7 Å². The molecule has 21 heavy (non-hydrogen) atoms. The maximum absolute atomic E-state index is 14.3. The van der Waals surface area contributed by atoms with Crippen molar-refractivity contribution in [3.8, 4) is 0 Å². The number of aromatic nitrogens is 4. The Bertz CT molecular complexity index is 695. The van der Waals surface area contributed by atoms with Gasteiger partial charge in [0.25, 0.3) is 5.85 Å². The number of alkyl halides is 1. The molecular formula is C10H11ClFN5O4. The Kier molecular flexibility index (Phi) is 3.22. The highest BCUT2D eigenvalue weighted by Crippen LogP contribution is 2.40. The number of aliphatic hydroxyl groups is 3. The lowest BCUT2D eigenvalue weighted by Crippen LogP contribution is -2.43. The number of ether oxygens (including phenoxy) is 1. The molecule has 1 aliphatic heterocycles. The van der Waals surface area contributed by atoms with E-state index in [9.17, 15) is 14.6 Å². The predicted molar refractivity (Wildman–Crippen MR) is 67.8 cm³/mol. The average Bonchev–Trinajstić information content (AvgIpc) is 2.91. The molecule has 1 fully saturated rings. The third kappa shape index (κ3) is 2.03. The fraction of sp³-hybridized carbons (Fsp3) is 0.500. The van der Waals surface area contributed by atoms with Gasteiger partial charge in [-0.05, 0) is 0 Å². The zero-order chi connectivity index (χ0) is 15.4. The summed E-state index contributed by atoms with van der Waals surface area (Å²) in [6, 6.07) is 0. The second kappa shape index (κ2) is 4.71. The number of nitrogens with two attached hydrogens (primary N) is 1. The molecule has 0 aliphatic carbocycles. The van der Waals surface area contributed by atoms with Crippen LogP contribution < -0.4 is 5.73 Å². The molecule has 4 atom stereocenters. The van der Waals surface area contributed by atoms with Gasteiger partial charge < -0.3 is 25.8 Å². The van der Waals surface area contributed by atoms with E-state index in [1.54, 1.807) is 0 Å². The zero-order valence-corrected chi connectivity index (χ0v) is 11.1. The number of halogens is 2. The minimum Gasteiger partial charge on any atom is -0.394 e. The van der Waals surface area contributed by atoms with Crippen LogP contribution in [0.3, 0.4) is 0 Å². The lowest BCUT2D eigenvalue weighted by Gasteiger charge is -2.23. The second-order valence-corrected chi connectivity index (χ2v) is 4.94. The van der Waals surface area contributed by atoms with E-state index in [2.05, 4.69) is 15.0 Å². The molecule has 1 saturated heterocycles. The summed E-state index contributed by atoms with van der Waals surface area (Å²) in [7, 11) is 0. The number of nitrogen functional groups attached to an aromatic ring is 1. The number of fused-ring (bicyclic) bond motifs is 1. The first-order valence-electron chi connectivity index (χ1n) is 5.87. The monoisotopic (exact) mass is 319 g/mol. The number of aliphatic hydroxyl groups excluding tert-OH is 2. The normalized spacial score (nSPS) is 32.9. The van der Waals surface area contributed by atoms with Gasteiger partial charge in [0.15, 0.2) is 17.0 Å². The SMILES string of the molecule is Nc1nc(Cl)c2ncn([C@@H]3O[C@H](CO)[C@@H](O)[C@@]3(O)F)c2n1. The smallest absolute Gasteiger partial charge is 0.281 e. The van der Waals surface area contributed by atoms with Gasteiger partial charge in [0, 0.05) is 0 Å². The van der Waals surface area contributed by atoms with Crippen LogP contribution in [0.5, 0.6) is 0 Å². The minimum absolute atomic E-state index is 0.0272. The summed E-state index contributed by atoms with van der Waals surface area (Å²) in [5.74, 6) is -3.32. The van der Waals surface area contributed by atoms with Crippen molar-refractivity contribution in [3.05, 3.63) is 11.5 Å². The number of nitrogens with zero attached hydrogens (tertiary/aromatic N) is 4. The predicted octanol–water partition coefficient (Wildman–Crippen LogP) is -1.03. The maximum atomic E-state index is 14.3. The van der Waals surface area contributed by atoms with Crippen LogP contribution >= 0.6 is 11.6 Å². The summed E-state index contributed by atoms with van der Waals surface area (Å²) in [4.78, 5) is 11.5. The molecule has 2 aromatic rings. The second-order valence-electron chi connectivity index (χ2n) is 4.58. The molecule has 0 unspecified atom stereocenters. The number of hydrogen-bond acceptors (Lipinski definition) is 8. The van der Waals surface area contributed by atoms with Crippen LogP contribution in [0.4, 0.5) is 10.3 Å². The van der Waals surface area contributed by atoms with E-state index in [0.717, 1.165) is 10.9 Å². The van der Waals surface area contributed by atoms with Crippen LogP contribution in [0.25, 0.3) is 11.2 Å². The summed E-state index contributed by atoms with van der Waals surface area (Å²) in [5, 5.41) is 28.4. The minimum atomic E-state index is -3.15. The van der Waals surface area contributed by atoms with Crippen molar-refractivity contribution in [2.45, 2.75) is 24.3 Å². The van der Waals surface area contributed by atoms with Crippen molar-refractivity contribution in [3.63, 3.8) is 0 Å². The van der Waals surface area contributed by atoms with Crippen LogP contribution in [0.2, 0.25) is 5.15 Å². The van der Waals surface area contributed by atoms with Crippen LogP contribution in [0.15, 0.2) is 6.33 Å². The molecule has 5 N–H and O–H groups in total. The molecule has 3 heterocycles. The third-order valence-corrected chi connectivity index (χ3v) is 3.51.